The standard InChI is InChI=1S/C12H25N5O2S/c1-5-7-17-10-11(12(13)14-17)20(18,19)16(4)9-6-8-15(2)3/h10H,5-9H2,1-4H3,(H2,13,14). The summed E-state index contributed by atoms with van der Waals surface area (Å²) in [5.74, 6) is 0.0675. The molecule has 1 aromatic rings. The van der Waals surface area contributed by atoms with Crippen molar-refractivity contribution in [1.82, 2.24) is 19.0 Å². The lowest BCUT2D eigenvalue weighted by Crippen LogP contribution is -2.30. The van der Waals surface area contributed by atoms with Crippen LogP contribution in [0.3, 0.4) is 0 Å². The summed E-state index contributed by atoms with van der Waals surface area (Å²) in [4.78, 5) is 2.12. The van der Waals surface area contributed by atoms with Gasteiger partial charge in [0.05, 0.1) is 0 Å². The van der Waals surface area contributed by atoms with Crippen LogP contribution in [0.25, 0.3) is 0 Å². The van der Waals surface area contributed by atoms with Gasteiger partial charge in [-0.25, -0.2) is 12.7 Å². The highest BCUT2D eigenvalue weighted by Crippen LogP contribution is 2.20. The Bertz CT molecular complexity index is 524. The summed E-state index contributed by atoms with van der Waals surface area (Å²) >= 11 is 0. The van der Waals surface area contributed by atoms with E-state index in [0.29, 0.717) is 13.1 Å². The number of nitrogens with two attached hydrogens (primary N) is 1. The molecule has 0 saturated heterocycles. The SMILES string of the molecule is CCCn1cc(S(=O)(=O)N(C)CCCN(C)C)c(N)n1. The molecule has 0 unspecified atom stereocenters. The smallest absolute Gasteiger partial charge is 0.248 e. The van der Waals surface area contributed by atoms with E-state index >= 15 is 0 Å². The molecule has 8 heteroatoms. The van der Waals surface area contributed by atoms with Crippen LogP contribution < -0.4 is 5.73 Å². The third-order valence-electron chi connectivity index (χ3n) is 2.97. The Morgan fingerprint density at radius 1 is 1.30 bits per heavy atom. The zero-order valence-corrected chi connectivity index (χ0v) is 13.5. The lowest BCUT2D eigenvalue weighted by atomic mass is 10.4. The molecule has 0 aliphatic heterocycles. The summed E-state index contributed by atoms with van der Waals surface area (Å²) in [5, 5.41) is 4.04. The molecule has 1 heterocycles. The number of aryl methyl sites for hydroxylation is 1. The number of aromatic nitrogens is 2. The van der Waals surface area contributed by atoms with Crippen LogP contribution in [0, 0.1) is 0 Å². The molecular formula is C12H25N5O2S. The predicted molar refractivity (Wildman–Crippen MR) is 79.9 cm³/mol. The van der Waals surface area contributed by atoms with Crippen molar-refractivity contribution in [2.45, 2.75) is 31.2 Å². The average Bonchev–Trinajstić information content (AvgIpc) is 2.70. The first-order chi connectivity index (χ1) is 9.28. The van der Waals surface area contributed by atoms with E-state index in [1.165, 1.54) is 10.5 Å². The van der Waals surface area contributed by atoms with Crippen molar-refractivity contribution in [2.24, 2.45) is 0 Å². The van der Waals surface area contributed by atoms with Gasteiger partial charge in [0, 0.05) is 26.3 Å². The Balaban J connectivity index is 2.81. The predicted octanol–water partition coefficient (Wildman–Crippen LogP) is 0.448. The van der Waals surface area contributed by atoms with E-state index in [1.54, 1.807) is 11.7 Å². The second kappa shape index (κ2) is 7.05. The summed E-state index contributed by atoms with van der Waals surface area (Å²) < 4.78 is 27.8. The van der Waals surface area contributed by atoms with Crippen LogP contribution in [0.15, 0.2) is 11.1 Å². The Kier molecular flexibility index (Phi) is 5.97. The zero-order chi connectivity index (χ0) is 15.3. The first-order valence-corrected chi connectivity index (χ1v) is 8.17. The van der Waals surface area contributed by atoms with Crippen molar-refractivity contribution in [3.8, 4) is 0 Å². The van der Waals surface area contributed by atoms with Gasteiger partial charge in [0.15, 0.2) is 5.82 Å². The van der Waals surface area contributed by atoms with E-state index in [0.717, 1.165) is 19.4 Å². The second-order valence-electron chi connectivity index (χ2n) is 5.13. The highest BCUT2D eigenvalue weighted by atomic mass is 32.2. The van der Waals surface area contributed by atoms with Gasteiger partial charge >= 0.3 is 0 Å². The summed E-state index contributed by atoms with van der Waals surface area (Å²) in [6, 6.07) is 0. The van der Waals surface area contributed by atoms with E-state index < -0.39 is 10.0 Å². The van der Waals surface area contributed by atoms with Crippen molar-refractivity contribution >= 4 is 15.8 Å². The molecule has 0 spiro atoms. The van der Waals surface area contributed by atoms with Gasteiger partial charge in [0.2, 0.25) is 10.0 Å². The van der Waals surface area contributed by atoms with Gasteiger partial charge in [-0.3, -0.25) is 4.68 Å². The van der Waals surface area contributed by atoms with E-state index in [4.69, 9.17) is 5.73 Å². The Labute approximate surface area is 121 Å². The van der Waals surface area contributed by atoms with Crippen LogP contribution in [0.5, 0.6) is 0 Å². The fraction of sp³-hybridized carbons (Fsp3) is 0.750. The van der Waals surface area contributed by atoms with Crippen LogP contribution in [0.2, 0.25) is 0 Å². The quantitative estimate of drug-likeness (QED) is 0.753. The van der Waals surface area contributed by atoms with Crippen LogP contribution >= 0.6 is 0 Å². The van der Waals surface area contributed by atoms with Gasteiger partial charge in [-0.1, -0.05) is 6.92 Å². The molecule has 0 atom stereocenters. The maximum absolute atomic E-state index is 12.4. The van der Waals surface area contributed by atoms with E-state index in [9.17, 15) is 8.42 Å². The number of rotatable bonds is 8. The summed E-state index contributed by atoms with van der Waals surface area (Å²) in [6.45, 7) is 3.95. The van der Waals surface area contributed by atoms with E-state index in [2.05, 4.69) is 5.10 Å². The molecule has 116 valence electrons. The third kappa shape index (κ3) is 4.19. The molecule has 20 heavy (non-hydrogen) atoms. The van der Waals surface area contributed by atoms with Crippen LogP contribution in [0.1, 0.15) is 19.8 Å². The highest BCUT2D eigenvalue weighted by Gasteiger charge is 2.25. The maximum Gasteiger partial charge on any atom is 0.248 e. The molecule has 0 fully saturated rings. The van der Waals surface area contributed by atoms with Gasteiger partial charge in [-0.15, -0.1) is 0 Å². The monoisotopic (exact) mass is 303 g/mol. The largest absolute Gasteiger partial charge is 0.381 e. The normalized spacial score (nSPS) is 12.5. The minimum atomic E-state index is -3.56. The maximum atomic E-state index is 12.4. The molecule has 7 nitrogen and oxygen atoms in total. The van der Waals surface area contributed by atoms with Gasteiger partial charge in [-0.05, 0) is 33.5 Å². The van der Waals surface area contributed by atoms with Crippen molar-refractivity contribution < 1.29 is 8.42 Å². The molecule has 0 aliphatic carbocycles. The summed E-state index contributed by atoms with van der Waals surface area (Å²) in [5.41, 5.74) is 5.73. The van der Waals surface area contributed by atoms with Crippen LogP contribution in [-0.4, -0.2) is 61.6 Å². The van der Waals surface area contributed by atoms with Crippen molar-refractivity contribution in [2.75, 3.05) is 40.0 Å². The second-order valence-corrected chi connectivity index (χ2v) is 7.14. The average molecular weight is 303 g/mol. The lowest BCUT2D eigenvalue weighted by Gasteiger charge is -2.17. The number of nitrogen functional groups attached to an aromatic ring is 1. The molecule has 0 bridgehead atoms. The number of sulfonamides is 1. The minimum absolute atomic E-state index is 0.0675. The van der Waals surface area contributed by atoms with Crippen molar-refractivity contribution in [3.63, 3.8) is 0 Å². The summed E-state index contributed by atoms with van der Waals surface area (Å²) in [7, 11) is 1.93. The highest BCUT2D eigenvalue weighted by molar-refractivity contribution is 7.89. The van der Waals surface area contributed by atoms with E-state index in [1.807, 2.05) is 25.9 Å². The zero-order valence-electron chi connectivity index (χ0n) is 12.7. The molecule has 2 N–H and O–H groups in total. The summed E-state index contributed by atoms with van der Waals surface area (Å²) in [6.07, 6.45) is 3.15. The number of hydrogen-bond donors (Lipinski definition) is 1. The van der Waals surface area contributed by atoms with E-state index in [-0.39, 0.29) is 10.7 Å². The fourth-order valence-electron chi connectivity index (χ4n) is 1.86. The lowest BCUT2D eigenvalue weighted by molar-refractivity contribution is 0.370. The Hall–Kier alpha value is -1.12. The number of nitrogens with zero attached hydrogens (tertiary/aromatic N) is 4. The van der Waals surface area contributed by atoms with Crippen molar-refractivity contribution in [3.05, 3.63) is 6.20 Å². The molecule has 1 aromatic heterocycles. The topological polar surface area (TPSA) is 84.5 Å². The number of hydrogen-bond acceptors (Lipinski definition) is 5. The molecule has 0 saturated carbocycles. The third-order valence-corrected chi connectivity index (χ3v) is 4.85. The van der Waals surface area contributed by atoms with Gasteiger partial charge in [0.1, 0.15) is 4.90 Å². The Morgan fingerprint density at radius 3 is 2.50 bits per heavy atom. The molecule has 0 amide bonds. The van der Waals surface area contributed by atoms with Crippen molar-refractivity contribution in [1.29, 1.82) is 0 Å². The van der Waals surface area contributed by atoms with Crippen LogP contribution in [-0.2, 0) is 16.6 Å². The number of anilines is 1. The first-order valence-electron chi connectivity index (χ1n) is 6.73. The molecule has 0 radical (unpaired) electrons. The van der Waals surface area contributed by atoms with Gasteiger partial charge < -0.3 is 10.6 Å². The first kappa shape index (κ1) is 16.9. The molecule has 1 rings (SSSR count). The Morgan fingerprint density at radius 2 is 1.95 bits per heavy atom. The molecule has 0 aromatic carbocycles. The minimum Gasteiger partial charge on any atom is -0.381 e. The molecule has 0 aliphatic rings. The molecular weight excluding hydrogens is 278 g/mol. The van der Waals surface area contributed by atoms with Crippen LogP contribution in [0.4, 0.5) is 5.82 Å². The fourth-order valence-corrected chi connectivity index (χ4v) is 3.12. The van der Waals surface area contributed by atoms with Gasteiger partial charge in [-0.2, -0.15) is 5.10 Å². The van der Waals surface area contributed by atoms with Gasteiger partial charge in [0.25, 0.3) is 0 Å².